The minimum Gasteiger partial charge on any atom is -0.378 e. The highest BCUT2D eigenvalue weighted by atomic mass is 19.1. The molecule has 5 heteroatoms. The predicted molar refractivity (Wildman–Crippen MR) is 66.0 cm³/mol. The second-order valence-corrected chi connectivity index (χ2v) is 5.04. The number of rotatable bonds is 5. The van der Waals surface area contributed by atoms with Crippen LogP contribution in [0.2, 0.25) is 0 Å². The van der Waals surface area contributed by atoms with Crippen molar-refractivity contribution in [3.8, 4) is 0 Å². The summed E-state index contributed by atoms with van der Waals surface area (Å²) in [7, 11) is 0. The first kappa shape index (κ1) is 14.3. The SMILES string of the molecule is CCOC1CC(CC(N)c2c(F)cc(F)cc2F)C1. The molecule has 1 unspecified atom stereocenters. The molecule has 0 spiro atoms. The van der Waals surface area contributed by atoms with Crippen molar-refractivity contribution in [2.24, 2.45) is 11.7 Å². The van der Waals surface area contributed by atoms with Crippen molar-refractivity contribution in [2.75, 3.05) is 6.61 Å². The topological polar surface area (TPSA) is 35.2 Å². The molecule has 0 radical (unpaired) electrons. The highest BCUT2D eigenvalue weighted by Gasteiger charge is 2.32. The van der Waals surface area contributed by atoms with Gasteiger partial charge >= 0.3 is 0 Å². The van der Waals surface area contributed by atoms with Crippen LogP contribution in [0.15, 0.2) is 12.1 Å². The van der Waals surface area contributed by atoms with Crippen molar-refractivity contribution >= 4 is 0 Å². The van der Waals surface area contributed by atoms with Crippen LogP contribution in [-0.4, -0.2) is 12.7 Å². The molecule has 2 N–H and O–H groups in total. The molecule has 1 aliphatic carbocycles. The average Bonchev–Trinajstić information content (AvgIpc) is 2.24. The Bertz CT molecular complexity index is 423. The van der Waals surface area contributed by atoms with E-state index in [9.17, 15) is 13.2 Å². The van der Waals surface area contributed by atoms with E-state index in [1.54, 1.807) is 0 Å². The monoisotopic (exact) mass is 273 g/mol. The van der Waals surface area contributed by atoms with Gasteiger partial charge in [-0.2, -0.15) is 0 Å². The highest BCUT2D eigenvalue weighted by molar-refractivity contribution is 5.24. The van der Waals surface area contributed by atoms with Crippen LogP contribution in [0.1, 0.15) is 37.8 Å². The zero-order valence-electron chi connectivity index (χ0n) is 10.8. The lowest BCUT2D eigenvalue weighted by atomic mass is 9.77. The lowest BCUT2D eigenvalue weighted by molar-refractivity contribution is -0.0283. The molecular formula is C14H18F3NO. The van der Waals surface area contributed by atoms with Gasteiger partial charge in [0, 0.05) is 30.3 Å². The number of ether oxygens (including phenoxy) is 1. The van der Waals surface area contributed by atoms with E-state index in [2.05, 4.69) is 0 Å². The van der Waals surface area contributed by atoms with Gasteiger partial charge in [-0.25, -0.2) is 13.2 Å². The van der Waals surface area contributed by atoms with Crippen LogP contribution in [0, 0.1) is 23.4 Å². The van der Waals surface area contributed by atoms with Crippen LogP contribution in [0.5, 0.6) is 0 Å². The molecular weight excluding hydrogens is 255 g/mol. The fourth-order valence-corrected chi connectivity index (χ4v) is 2.62. The summed E-state index contributed by atoms with van der Waals surface area (Å²) in [4.78, 5) is 0. The van der Waals surface area contributed by atoms with Crippen molar-refractivity contribution in [1.29, 1.82) is 0 Å². The van der Waals surface area contributed by atoms with Gasteiger partial charge in [-0.3, -0.25) is 0 Å². The molecule has 1 aromatic carbocycles. The lowest BCUT2D eigenvalue weighted by Crippen LogP contribution is -2.33. The fourth-order valence-electron chi connectivity index (χ4n) is 2.62. The minimum absolute atomic E-state index is 0.221. The number of hydrogen-bond donors (Lipinski definition) is 1. The Morgan fingerprint density at radius 2 is 1.84 bits per heavy atom. The number of nitrogens with two attached hydrogens (primary N) is 1. The van der Waals surface area contributed by atoms with Crippen LogP contribution in [0.4, 0.5) is 13.2 Å². The Morgan fingerprint density at radius 3 is 2.37 bits per heavy atom. The Kier molecular flexibility index (Phi) is 4.47. The maximum absolute atomic E-state index is 13.5. The Hall–Kier alpha value is -1.07. The lowest BCUT2D eigenvalue weighted by Gasteiger charge is -2.36. The van der Waals surface area contributed by atoms with Crippen molar-refractivity contribution in [3.63, 3.8) is 0 Å². The summed E-state index contributed by atoms with van der Waals surface area (Å²) in [6.45, 7) is 2.60. The summed E-state index contributed by atoms with van der Waals surface area (Å²) in [5.41, 5.74) is 5.61. The molecule has 0 bridgehead atoms. The molecule has 0 heterocycles. The quantitative estimate of drug-likeness (QED) is 0.893. The second-order valence-electron chi connectivity index (χ2n) is 5.04. The van der Waals surface area contributed by atoms with E-state index in [1.165, 1.54) is 0 Å². The summed E-state index contributed by atoms with van der Waals surface area (Å²) in [6.07, 6.45) is 2.46. The molecule has 0 aromatic heterocycles. The highest BCUT2D eigenvalue weighted by Crippen LogP contribution is 2.37. The van der Waals surface area contributed by atoms with Gasteiger partial charge in [0.2, 0.25) is 0 Å². The maximum Gasteiger partial charge on any atom is 0.133 e. The van der Waals surface area contributed by atoms with Crippen molar-refractivity contribution in [1.82, 2.24) is 0 Å². The summed E-state index contributed by atoms with van der Waals surface area (Å²) >= 11 is 0. The maximum atomic E-state index is 13.5. The molecule has 0 saturated heterocycles. The van der Waals surface area contributed by atoms with Crippen molar-refractivity contribution in [3.05, 3.63) is 35.1 Å². The first-order valence-corrected chi connectivity index (χ1v) is 6.52. The zero-order chi connectivity index (χ0) is 14.0. The van der Waals surface area contributed by atoms with E-state index in [0.29, 0.717) is 31.1 Å². The third-order valence-electron chi connectivity index (χ3n) is 3.60. The number of halogens is 3. The average molecular weight is 273 g/mol. The summed E-state index contributed by atoms with van der Waals surface area (Å²) in [5, 5.41) is 0. The summed E-state index contributed by atoms with van der Waals surface area (Å²) < 4.78 is 45.3. The van der Waals surface area contributed by atoms with E-state index >= 15 is 0 Å². The molecule has 2 nitrogen and oxygen atoms in total. The van der Waals surface area contributed by atoms with Gasteiger partial charge in [-0.05, 0) is 32.1 Å². The van der Waals surface area contributed by atoms with E-state index < -0.39 is 23.5 Å². The van der Waals surface area contributed by atoms with E-state index in [4.69, 9.17) is 10.5 Å². The van der Waals surface area contributed by atoms with Gasteiger partial charge in [0.25, 0.3) is 0 Å². The van der Waals surface area contributed by atoms with E-state index in [0.717, 1.165) is 12.8 Å². The minimum atomic E-state index is -0.925. The standard InChI is InChI=1S/C14H18F3NO/c1-2-19-10-3-8(4-10)5-13(18)14-11(16)6-9(15)7-12(14)17/h6-8,10,13H,2-5,18H2,1H3. The van der Waals surface area contributed by atoms with Gasteiger partial charge in [0.15, 0.2) is 0 Å². The van der Waals surface area contributed by atoms with Crippen molar-refractivity contribution < 1.29 is 17.9 Å². The van der Waals surface area contributed by atoms with Crippen LogP contribution in [-0.2, 0) is 4.74 Å². The third kappa shape index (κ3) is 3.28. The van der Waals surface area contributed by atoms with Crippen LogP contribution in [0.3, 0.4) is 0 Å². The molecule has 1 atom stereocenters. The predicted octanol–water partition coefficient (Wildman–Crippen LogP) is 3.31. The summed E-state index contributed by atoms with van der Waals surface area (Å²) in [6, 6.07) is 0.595. The number of benzene rings is 1. The normalized spacial score (nSPS) is 24.1. The van der Waals surface area contributed by atoms with Crippen LogP contribution in [0.25, 0.3) is 0 Å². The van der Waals surface area contributed by atoms with Gasteiger partial charge < -0.3 is 10.5 Å². The first-order valence-electron chi connectivity index (χ1n) is 6.52. The van der Waals surface area contributed by atoms with Gasteiger partial charge in [0.05, 0.1) is 6.10 Å². The molecule has 1 aliphatic rings. The molecule has 1 fully saturated rings. The zero-order valence-corrected chi connectivity index (χ0v) is 10.8. The fraction of sp³-hybridized carbons (Fsp3) is 0.571. The first-order chi connectivity index (χ1) is 9.01. The molecule has 1 saturated carbocycles. The Balaban J connectivity index is 1.96. The Labute approximate surface area is 110 Å². The largest absolute Gasteiger partial charge is 0.378 e. The van der Waals surface area contributed by atoms with Gasteiger partial charge in [-0.15, -0.1) is 0 Å². The summed E-state index contributed by atoms with van der Waals surface area (Å²) in [5.74, 6) is -2.43. The molecule has 0 amide bonds. The third-order valence-corrected chi connectivity index (χ3v) is 3.60. The van der Waals surface area contributed by atoms with E-state index in [-0.39, 0.29) is 11.7 Å². The molecule has 106 valence electrons. The smallest absolute Gasteiger partial charge is 0.133 e. The van der Waals surface area contributed by atoms with Gasteiger partial charge in [-0.1, -0.05) is 0 Å². The number of hydrogen-bond acceptors (Lipinski definition) is 2. The van der Waals surface area contributed by atoms with E-state index in [1.807, 2.05) is 6.92 Å². The second kappa shape index (κ2) is 5.92. The van der Waals surface area contributed by atoms with Crippen molar-refractivity contribution in [2.45, 2.75) is 38.3 Å². The van der Waals surface area contributed by atoms with Crippen LogP contribution >= 0.6 is 0 Å². The van der Waals surface area contributed by atoms with Gasteiger partial charge in [0.1, 0.15) is 17.5 Å². The molecule has 19 heavy (non-hydrogen) atoms. The molecule has 1 aromatic rings. The molecule has 2 rings (SSSR count). The Morgan fingerprint density at radius 1 is 1.26 bits per heavy atom. The van der Waals surface area contributed by atoms with Crippen LogP contribution < -0.4 is 5.73 Å². The molecule has 0 aliphatic heterocycles.